The number of aliphatic hydroxyl groups excluding tert-OH is 1. The number of aliphatic imine (C=N–C) groups is 1. The summed E-state index contributed by atoms with van der Waals surface area (Å²) in [7, 11) is 0. The molecule has 0 unspecified atom stereocenters. The van der Waals surface area contributed by atoms with Gasteiger partial charge in [0.2, 0.25) is 6.08 Å². The molecule has 2 N–H and O–H groups in total. The molecular formula is C26H28Br2N2O8. The first-order valence-electron chi connectivity index (χ1n) is 10.8. The number of hydrogen-bond donors (Lipinski definition) is 2. The van der Waals surface area contributed by atoms with Crippen LogP contribution in [0.1, 0.15) is 13.8 Å². The van der Waals surface area contributed by atoms with Gasteiger partial charge in [0.25, 0.3) is 0 Å². The minimum atomic E-state index is -0.607. The van der Waals surface area contributed by atoms with Crippen LogP contribution < -0.4 is 5.32 Å². The molecule has 2 aromatic carbocycles. The second-order valence-corrected chi connectivity index (χ2v) is 8.84. The van der Waals surface area contributed by atoms with Crippen molar-refractivity contribution in [1.82, 2.24) is 0 Å². The van der Waals surface area contributed by atoms with Crippen LogP contribution in [0.25, 0.3) is 0 Å². The zero-order valence-corrected chi connectivity index (χ0v) is 24.0. The molecule has 0 atom stereocenters. The van der Waals surface area contributed by atoms with Crippen molar-refractivity contribution in [2.45, 2.75) is 13.8 Å². The van der Waals surface area contributed by atoms with Gasteiger partial charge in [-0.2, -0.15) is 4.99 Å². The number of esters is 2. The van der Waals surface area contributed by atoms with E-state index in [4.69, 9.17) is 14.6 Å². The number of isocyanates is 1. The highest BCUT2D eigenvalue weighted by Gasteiger charge is 2.06. The van der Waals surface area contributed by atoms with E-state index in [0.29, 0.717) is 22.5 Å². The predicted molar refractivity (Wildman–Crippen MR) is 150 cm³/mol. The molecule has 0 radical (unpaired) electrons. The number of aliphatic hydroxyl groups is 1. The third kappa shape index (κ3) is 17.8. The predicted octanol–water partition coefficient (Wildman–Crippen LogP) is 5.63. The number of ether oxygens (including phenoxy) is 3. The van der Waals surface area contributed by atoms with Crippen LogP contribution >= 0.6 is 31.9 Å². The lowest BCUT2D eigenvalue weighted by molar-refractivity contribution is -0.140. The minimum absolute atomic E-state index is 0.00238. The van der Waals surface area contributed by atoms with Crippen molar-refractivity contribution < 1.29 is 38.5 Å². The van der Waals surface area contributed by atoms with Crippen LogP contribution in [0.5, 0.6) is 0 Å². The zero-order valence-electron chi connectivity index (χ0n) is 20.9. The van der Waals surface area contributed by atoms with Crippen LogP contribution in [-0.4, -0.2) is 55.6 Å². The van der Waals surface area contributed by atoms with E-state index in [1.165, 1.54) is 6.08 Å². The molecule has 0 saturated heterocycles. The van der Waals surface area contributed by atoms with Gasteiger partial charge in [0.05, 0.1) is 12.3 Å². The minimum Gasteiger partial charge on any atom is -0.460 e. The molecule has 2 aromatic rings. The Hall–Kier alpha value is -3.57. The molecule has 0 bridgehead atoms. The Morgan fingerprint density at radius 3 is 1.92 bits per heavy atom. The van der Waals surface area contributed by atoms with Crippen molar-refractivity contribution in [1.29, 1.82) is 0 Å². The van der Waals surface area contributed by atoms with E-state index < -0.39 is 18.0 Å². The highest BCUT2D eigenvalue weighted by atomic mass is 79.9. The number of nitrogens with zero attached hydrogens (tertiary/aromatic N) is 1. The Labute approximate surface area is 237 Å². The van der Waals surface area contributed by atoms with Gasteiger partial charge in [-0.05, 0) is 50.2 Å². The van der Waals surface area contributed by atoms with E-state index in [0.717, 1.165) is 8.95 Å². The molecule has 0 aliphatic carbocycles. The molecular weight excluding hydrogens is 628 g/mol. The van der Waals surface area contributed by atoms with Gasteiger partial charge in [0, 0.05) is 25.8 Å². The van der Waals surface area contributed by atoms with E-state index >= 15 is 0 Å². The van der Waals surface area contributed by atoms with Gasteiger partial charge in [0.15, 0.2) is 0 Å². The molecule has 0 heterocycles. The third-order valence-electron chi connectivity index (χ3n) is 3.62. The van der Waals surface area contributed by atoms with Gasteiger partial charge in [-0.15, -0.1) is 0 Å². The Kier molecular flexibility index (Phi) is 18.6. The van der Waals surface area contributed by atoms with Crippen molar-refractivity contribution in [2.75, 3.05) is 31.7 Å². The molecule has 0 fully saturated rings. The number of hydrogen-bond acceptors (Lipinski definition) is 9. The quantitative estimate of drug-likeness (QED) is 0.0884. The third-order valence-corrected chi connectivity index (χ3v) is 4.61. The Balaban J connectivity index is 0.000000604. The summed E-state index contributed by atoms with van der Waals surface area (Å²) in [6.07, 6.45) is 0.858. The molecule has 38 heavy (non-hydrogen) atoms. The van der Waals surface area contributed by atoms with E-state index in [1.54, 1.807) is 50.2 Å². The van der Waals surface area contributed by atoms with Crippen LogP contribution in [0.15, 0.2) is 86.8 Å². The largest absolute Gasteiger partial charge is 0.460 e. The number of nitrogens with one attached hydrogen (secondary N) is 1. The number of amides is 1. The fourth-order valence-electron chi connectivity index (χ4n) is 1.97. The summed E-state index contributed by atoms with van der Waals surface area (Å²) in [4.78, 5) is 46.1. The van der Waals surface area contributed by atoms with Gasteiger partial charge in [-0.25, -0.2) is 19.2 Å². The van der Waals surface area contributed by atoms with Gasteiger partial charge in [0.1, 0.15) is 19.8 Å². The van der Waals surface area contributed by atoms with E-state index in [2.05, 4.69) is 60.1 Å². The number of rotatable bonds is 9. The Morgan fingerprint density at radius 2 is 1.42 bits per heavy atom. The van der Waals surface area contributed by atoms with Crippen molar-refractivity contribution >= 4 is 67.3 Å². The lowest BCUT2D eigenvalue weighted by Crippen LogP contribution is -2.18. The van der Waals surface area contributed by atoms with Crippen LogP contribution in [-0.2, 0) is 28.6 Å². The average molecular weight is 656 g/mol. The first kappa shape index (κ1) is 34.4. The average Bonchev–Trinajstić information content (AvgIpc) is 2.86. The van der Waals surface area contributed by atoms with Crippen molar-refractivity contribution in [2.24, 2.45) is 4.99 Å². The summed E-state index contributed by atoms with van der Waals surface area (Å²) >= 11 is 6.53. The summed E-state index contributed by atoms with van der Waals surface area (Å²) in [6.45, 7) is 9.78. The highest BCUT2D eigenvalue weighted by molar-refractivity contribution is 9.10. The van der Waals surface area contributed by atoms with Crippen LogP contribution in [0.3, 0.4) is 0 Å². The summed E-state index contributed by atoms with van der Waals surface area (Å²) in [6, 6.07) is 14.2. The topological polar surface area (TPSA) is 141 Å². The highest BCUT2D eigenvalue weighted by Crippen LogP contribution is 2.17. The second-order valence-electron chi connectivity index (χ2n) is 7.01. The summed E-state index contributed by atoms with van der Waals surface area (Å²) < 4.78 is 15.8. The lowest BCUT2D eigenvalue weighted by atomic mass is 10.3. The first-order chi connectivity index (χ1) is 18.0. The van der Waals surface area contributed by atoms with E-state index in [1.807, 2.05) is 12.1 Å². The maximum absolute atomic E-state index is 11.4. The Bertz CT molecular complexity index is 1150. The molecule has 12 heteroatoms. The molecule has 1 amide bonds. The maximum atomic E-state index is 11.4. The number of anilines is 1. The molecule has 204 valence electrons. The van der Waals surface area contributed by atoms with Gasteiger partial charge < -0.3 is 19.3 Å². The van der Waals surface area contributed by atoms with Crippen molar-refractivity contribution in [3.63, 3.8) is 0 Å². The molecule has 0 aliphatic heterocycles. The molecule has 2 rings (SSSR count). The summed E-state index contributed by atoms with van der Waals surface area (Å²) in [5, 5.41) is 10.7. The first-order valence-corrected chi connectivity index (χ1v) is 12.4. The van der Waals surface area contributed by atoms with E-state index in [-0.39, 0.29) is 26.4 Å². The van der Waals surface area contributed by atoms with Gasteiger partial charge in [-0.1, -0.05) is 57.2 Å². The number of carbonyl (C=O) groups excluding carboxylic acids is 4. The smallest absolute Gasteiger partial charge is 0.411 e. The molecule has 0 aromatic heterocycles. The normalized spacial score (nSPS) is 9.08. The van der Waals surface area contributed by atoms with Crippen LogP contribution in [0, 0.1) is 0 Å². The molecule has 0 aliphatic rings. The maximum Gasteiger partial charge on any atom is 0.411 e. The Morgan fingerprint density at radius 1 is 0.895 bits per heavy atom. The SMILES string of the molecule is C=C(C)C(=O)OCCO.C=C(C)C(=O)OCCOC(=O)Nc1cccc(Br)c1.O=C=Nc1cccc(Br)c1. The second kappa shape index (κ2) is 20.5. The van der Waals surface area contributed by atoms with Crippen LogP contribution in [0.4, 0.5) is 16.2 Å². The summed E-state index contributed by atoms with van der Waals surface area (Å²) in [5.74, 6) is -0.958. The van der Waals surface area contributed by atoms with E-state index in [9.17, 15) is 19.2 Å². The number of carbonyl (C=O) groups is 3. The summed E-state index contributed by atoms with van der Waals surface area (Å²) in [5.41, 5.74) is 1.88. The lowest BCUT2D eigenvalue weighted by Gasteiger charge is -2.07. The van der Waals surface area contributed by atoms with Crippen molar-refractivity contribution in [3.05, 3.63) is 81.8 Å². The monoisotopic (exact) mass is 654 g/mol. The molecule has 0 saturated carbocycles. The fraction of sp³-hybridized carbons (Fsp3) is 0.231. The fourth-order valence-corrected chi connectivity index (χ4v) is 2.76. The van der Waals surface area contributed by atoms with Crippen molar-refractivity contribution in [3.8, 4) is 0 Å². The number of benzene rings is 2. The zero-order chi connectivity index (χ0) is 28.9. The number of halogens is 2. The molecule has 0 spiro atoms. The van der Waals surface area contributed by atoms with Gasteiger partial charge in [-0.3, -0.25) is 5.32 Å². The van der Waals surface area contributed by atoms with Gasteiger partial charge >= 0.3 is 18.0 Å². The van der Waals surface area contributed by atoms with Crippen LogP contribution in [0.2, 0.25) is 0 Å². The molecule has 10 nitrogen and oxygen atoms in total. The standard InChI is InChI=1S/C13H14BrNO4.C7H4BrNO.C6H10O3/c1-9(2)12(16)18-6-7-19-13(17)15-11-5-3-4-10(14)8-11;8-6-2-1-3-7(4-6)9-5-10;1-5(2)6(8)9-4-3-7/h3-5,8H,1,6-7H2,2H3,(H,15,17);1-4H;7H,1,3-4H2,2H3.